The number of benzene rings is 1. The first-order valence-corrected chi connectivity index (χ1v) is 8.13. The van der Waals surface area contributed by atoms with Crippen molar-refractivity contribution in [2.45, 2.75) is 46.1 Å². The van der Waals surface area contributed by atoms with Crippen molar-refractivity contribution in [2.75, 3.05) is 7.11 Å². The highest BCUT2D eigenvalue weighted by Gasteiger charge is 2.14. The van der Waals surface area contributed by atoms with E-state index in [1.807, 2.05) is 6.92 Å². The lowest BCUT2D eigenvalue weighted by Gasteiger charge is -2.16. The first-order valence-electron chi connectivity index (χ1n) is 8.13. The molecule has 0 fully saturated rings. The van der Waals surface area contributed by atoms with E-state index in [-0.39, 0.29) is 23.1 Å². The third-order valence-electron chi connectivity index (χ3n) is 3.82. The number of methoxy groups -OCH3 is 1. The minimum atomic E-state index is -0.580. The standard InChI is InChI=1S/C19H25NO4/c1-5-7-16(6-2)20-18(22)13(3)10-14-8-9-15(12-21)17(11-14)19(23)24-4/h8-12,16H,5-7H2,1-4H3,(H,20,22)/b13-10+. The Labute approximate surface area is 143 Å². The fourth-order valence-electron chi connectivity index (χ4n) is 2.39. The summed E-state index contributed by atoms with van der Waals surface area (Å²) in [4.78, 5) is 35.0. The number of hydrogen-bond donors (Lipinski definition) is 1. The highest BCUT2D eigenvalue weighted by molar-refractivity contribution is 6.00. The molecule has 0 saturated carbocycles. The number of ether oxygens (including phenoxy) is 1. The number of nitrogens with one attached hydrogen (secondary N) is 1. The van der Waals surface area contributed by atoms with Gasteiger partial charge in [-0.3, -0.25) is 9.59 Å². The molecular weight excluding hydrogens is 306 g/mol. The molecular formula is C19H25NO4. The van der Waals surface area contributed by atoms with Gasteiger partial charge >= 0.3 is 5.97 Å². The molecule has 0 aliphatic carbocycles. The molecule has 0 aromatic heterocycles. The molecule has 24 heavy (non-hydrogen) atoms. The number of rotatable bonds is 8. The summed E-state index contributed by atoms with van der Waals surface area (Å²) in [5.41, 5.74) is 1.65. The lowest BCUT2D eigenvalue weighted by atomic mass is 10.0. The maximum atomic E-state index is 12.3. The molecule has 5 heteroatoms. The van der Waals surface area contributed by atoms with Crippen LogP contribution < -0.4 is 5.32 Å². The molecule has 0 aliphatic heterocycles. The minimum Gasteiger partial charge on any atom is -0.465 e. The summed E-state index contributed by atoms with van der Waals surface area (Å²) in [6, 6.07) is 4.95. The zero-order valence-electron chi connectivity index (χ0n) is 14.7. The van der Waals surface area contributed by atoms with Crippen LogP contribution in [0.3, 0.4) is 0 Å². The molecule has 0 saturated heterocycles. The number of carbonyl (C=O) groups is 3. The summed E-state index contributed by atoms with van der Waals surface area (Å²) < 4.78 is 4.68. The number of hydrogen-bond acceptors (Lipinski definition) is 4. The molecule has 0 radical (unpaired) electrons. The van der Waals surface area contributed by atoms with Crippen LogP contribution in [0.1, 0.15) is 66.3 Å². The van der Waals surface area contributed by atoms with Crippen molar-refractivity contribution in [3.8, 4) is 0 Å². The van der Waals surface area contributed by atoms with Gasteiger partial charge in [-0.15, -0.1) is 0 Å². The molecule has 0 aliphatic rings. The molecule has 0 spiro atoms. The lowest BCUT2D eigenvalue weighted by molar-refractivity contribution is -0.118. The van der Waals surface area contributed by atoms with Gasteiger partial charge in [-0.1, -0.05) is 32.4 Å². The van der Waals surface area contributed by atoms with Crippen LogP contribution in [-0.4, -0.2) is 31.3 Å². The van der Waals surface area contributed by atoms with Gasteiger partial charge in [0.15, 0.2) is 6.29 Å². The van der Waals surface area contributed by atoms with Crippen molar-refractivity contribution in [2.24, 2.45) is 0 Å². The Kier molecular flexibility index (Phi) is 7.89. The Morgan fingerprint density at radius 2 is 2.00 bits per heavy atom. The largest absolute Gasteiger partial charge is 0.465 e. The average molecular weight is 331 g/mol. The fraction of sp³-hybridized carbons (Fsp3) is 0.421. The van der Waals surface area contributed by atoms with Crippen LogP contribution in [0, 0.1) is 0 Å². The van der Waals surface area contributed by atoms with Crippen LogP contribution in [0.2, 0.25) is 0 Å². The lowest BCUT2D eigenvalue weighted by Crippen LogP contribution is -2.34. The van der Waals surface area contributed by atoms with Gasteiger partial charge in [0.25, 0.3) is 0 Å². The van der Waals surface area contributed by atoms with E-state index in [0.29, 0.717) is 17.4 Å². The molecule has 0 bridgehead atoms. The third kappa shape index (κ3) is 5.33. The molecule has 1 aromatic carbocycles. The Hall–Kier alpha value is -2.43. The second kappa shape index (κ2) is 9.65. The van der Waals surface area contributed by atoms with Crippen molar-refractivity contribution in [3.63, 3.8) is 0 Å². The third-order valence-corrected chi connectivity index (χ3v) is 3.82. The van der Waals surface area contributed by atoms with E-state index >= 15 is 0 Å². The number of esters is 1. The SMILES string of the molecule is CCCC(CC)NC(=O)/C(C)=C/c1ccc(C=O)c(C(=O)OC)c1. The highest BCUT2D eigenvalue weighted by atomic mass is 16.5. The zero-order valence-corrected chi connectivity index (χ0v) is 14.7. The van der Waals surface area contributed by atoms with E-state index < -0.39 is 5.97 Å². The van der Waals surface area contributed by atoms with Crippen molar-refractivity contribution in [1.29, 1.82) is 0 Å². The van der Waals surface area contributed by atoms with Gasteiger partial charge in [-0.2, -0.15) is 0 Å². The van der Waals surface area contributed by atoms with Crippen molar-refractivity contribution in [3.05, 3.63) is 40.5 Å². The Balaban J connectivity index is 3.00. The number of carbonyl (C=O) groups excluding carboxylic acids is 3. The van der Waals surface area contributed by atoms with Crippen molar-refractivity contribution >= 4 is 24.2 Å². The monoisotopic (exact) mass is 331 g/mol. The van der Waals surface area contributed by atoms with E-state index in [2.05, 4.69) is 17.0 Å². The summed E-state index contributed by atoms with van der Waals surface area (Å²) in [6.45, 7) is 5.85. The summed E-state index contributed by atoms with van der Waals surface area (Å²) in [5, 5.41) is 3.00. The fourth-order valence-corrected chi connectivity index (χ4v) is 2.39. The van der Waals surface area contributed by atoms with Crippen LogP contribution >= 0.6 is 0 Å². The second-order valence-electron chi connectivity index (χ2n) is 5.65. The predicted molar refractivity (Wildman–Crippen MR) is 93.9 cm³/mol. The van der Waals surface area contributed by atoms with Crippen molar-refractivity contribution < 1.29 is 19.1 Å². The summed E-state index contributed by atoms with van der Waals surface area (Å²) in [5.74, 6) is -0.710. The van der Waals surface area contributed by atoms with Gasteiger partial charge in [-0.05, 0) is 37.5 Å². The number of aldehydes is 1. The van der Waals surface area contributed by atoms with Crippen LogP contribution in [0.5, 0.6) is 0 Å². The Morgan fingerprint density at radius 3 is 2.54 bits per heavy atom. The minimum absolute atomic E-state index is 0.130. The van der Waals surface area contributed by atoms with E-state index in [0.717, 1.165) is 19.3 Å². The quantitative estimate of drug-likeness (QED) is 0.450. The molecule has 1 unspecified atom stereocenters. The Morgan fingerprint density at radius 1 is 1.29 bits per heavy atom. The first kappa shape index (κ1) is 19.6. The highest BCUT2D eigenvalue weighted by Crippen LogP contribution is 2.15. The number of amides is 1. The molecule has 5 nitrogen and oxygen atoms in total. The van der Waals surface area contributed by atoms with Crippen LogP contribution in [0.15, 0.2) is 23.8 Å². The summed E-state index contributed by atoms with van der Waals surface area (Å²) in [7, 11) is 1.26. The van der Waals surface area contributed by atoms with Crippen LogP contribution in [-0.2, 0) is 9.53 Å². The maximum absolute atomic E-state index is 12.3. The van der Waals surface area contributed by atoms with Gasteiger partial charge < -0.3 is 10.1 Å². The molecule has 0 heterocycles. The smallest absolute Gasteiger partial charge is 0.338 e. The Bertz CT molecular complexity index is 634. The van der Waals surface area contributed by atoms with Gasteiger partial charge in [0.05, 0.1) is 12.7 Å². The van der Waals surface area contributed by atoms with Gasteiger partial charge in [0.2, 0.25) is 5.91 Å². The zero-order chi connectivity index (χ0) is 18.1. The summed E-state index contributed by atoms with van der Waals surface area (Å²) >= 11 is 0. The van der Waals surface area contributed by atoms with E-state index in [9.17, 15) is 14.4 Å². The molecule has 1 N–H and O–H groups in total. The average Bonchev–Trinajstić information content (AvgIpc) is 2.60. The predicted octanol–water partition coefficient (Wildman–Crippen LogP) is 3.38. The molecule has 1 amide bonds. The van der Waals surface area contributed by atoms with Gasteiger partial charge in [-0.25, -0.2) is 4.79 Å². The summed E-state index contributed by atoms with van der Waals surface area (Å²) in [6.07, 6.45) is 5.13. The van der Waals surface area contributed by atoms with Gasteiger partial charge in [0, 0.05) is 17.2 Å². The second-order valence-corrected chi connectivity index (χ2v) is 5.65. The van der Waals surface area contributed by atoms with Crippen LogP contribution in [0.25, 0.3) is 6.08 Å². The van der Waals surface area contributed by atoms with Gasteiger partial charge in [0.1, 0.15) is 0 Å². The first-order chi connectivity index (χ1) is 11.5. The molecule has 1 rings (SSSR count). The van der Waals surface area contributed by atoms with E-state index in [4.69, 9.17) is 0 Å². The molecule has 1 atom stereocenters. The maximum Gasteiger partial charge on any atom is 0.338 e. The van der Waals surface area contributed by atoms with Crippen molar-refractivity contribution in [1.82, 2.24) is 5.32 Å². The van der Waals surface area contributed by atoms with E-state index in [1.165, 1.54) is 7.11 Å². The van der Waals surface area contributed by atoms with Crippen LogP contribution in [0.4, 0.5) is 0 Å². The molecule has 130 valence electrons. The normalized spacial score (nSPS) is 12.4. The van der Waals surface area contributed by atoms with E-state index in [1.54, 1.807) is 31.2 Å². The molecule has 1 aromatic rings. The topological polar surface area (TPSA) is 72.5 Å².